The largest absolute Gasteiger partial charge is 0.457 e. The van der Waals surface area contributed by atoms with E-state index >= 15 is 0 Å². The summed E-state index contributed by atoms with van der Waals surface area (Å²) in [6, 6.07) is 12.9. The van der Waals surface area contributed by atoms with Gasteiger partial charge in [0, 0.05) is 42.1 Å². The molecule has 1 N–H and O–H groups in total. The number of carbonyl (C=O) groups excluding carboxylic acids is 1. The predicted molar refractivity (Wildman–Crippen MR) is 104 cm³/mol. The zero-order valence-electron chi connectivity index (χ0n) is 14.3. The number of nitrogens with one attached hydrogen (secondary N) is 1. The minimum Gasteiger partial charge on any atom is -0.457 e. The van der Waals surface area contributed by atoms with Crippen molar-refractivity contribution in [1.82, 2.24) is 4.98 Å². The Morgan fingerprint density at radius 1 is 1.15 bits per heavy atom. The Labute approximate surface area is 155 Å². The lowest BCUT2D eigenvalue weighted by Crippen LogP contribution is -2.09. The molecule has 2 aromatic heterocycles. The third-order valence-corrected chi connectivity index (χ3v) is 4.40. The molecule has 0 saturated carbocycles. The highest BCUT2D eigenvalue weighted by molar-refractivity contribution is 6.36. The summed E-state index contributed by atoms with van der Waals surface area (Å²) in [6.45, 7) is 0. The van der Waals surface area contributed by atoms with Gasteiger partial charge < -0.3 is 14.6 Å². The summed E-state index contributed by atoms with van der Waals surface area (Å²) >= 11 is 6.06. The van der Waals surface area contributed by atoms with E-state index in [2.05, 4.69) is 10.3 Å². The van der Waals surface area contributed by atoms with Crippen molar-refractivity contribution in [3.63, 3.8) is 0 Å². The van der Waals surface area contributed by atoms with E-state index < -0.39 is 0 Å². The first-order valence-corrected chi connectivity index (χ1v) is 8.45. The molecule has 1 aliphatic rings. The normalized spacial score (nSPS) is 14.4. The fourth-order valence-corrected chi connectivity index (χ4v) is 3.00. The summed E-state index contributed by atoms with van der Waals surface area (Å²) in [5, 5.41) is 3.41. The minimum atomic E-state index is -0.169. The number of benzene rings is 1. The smallest absolute Gasteiger partial charge is 0.256 e. The Kier molecular flexibility index (Phi) is 4.01. The van der Waals surface area contributed by atoms with Crippen molar-refractivity contribution in [3.05, 3.63) is 65.0 Å². The highest BCUT2D eigenvalue weighted by atomic mass is 35.5. The van der Waals surface area contributed by atoms with E-state index in [1.165, 1.54) is 0 Å². The Bertz CT molecular complexity index is 1020. The van der Waals surface area contributed by atoms with Crippen LogP contribution in [0.3, 0.4) is 0 Å². The van der Waals surface area contributed by atoms with Crippen molar-refractivity contribution in [2.75, 3.05) is 24.3 Å². The third kappa shape index (κ3) is 2.97. The molecule has 5 nitrogen and oxygen atoms in total. The first-order chi connectivity index (χ1) is 12.5. The van der Waals surface area contributed by atoms with E-state index in [-0.39, 0.29) is 5.91 Å². The highest BCUT2D eigenvalue weighted by Crippen LogP contribution is 2.35. The fraction of sp³-hybridized carbons (Fsp3) is 0.100. The number of rotatable bonds is 3. The number of anilines is 2. The molecular weight excluding hydrogens is 350 g/mol. The van der Waals surface area contributed by atoms with Gasteiger partial charge in [-0.15, -0.1) is 0 Å². The number of amides is 1. The van der Waals surface area contributed by atoms with Crippen molar-refractivity contribution in [2.45, 2.75) is 0 Å². The number of aromatic nitrogens is 1. The predicted octanol–water partition coefficient (Wildman–Crippen LogP) is 4.55. The standard InChI is InChI=1S/C20H16ClN3O2/c1-24(2)19-8-3-12(11-22-19)18-7-5-14(26-18)10-16-15-9-13(21)4-6-17(15)23-20(16)25/h3-11H,1-2H3,(H,23,25). The third-order valence-electron chi connectivity index (χ3n) is 4.17. The van der Waals surface area contributed by atoms with Gasteiger partial charge in [0.1, 0.15) is 17.3 Å². The molecule has 0 spiro atoms. The van der Waals surface area contributed by atoms with Crippen molar-refractivity contribution < 1.29 is 9.21 Å². The number of hydrogen-bond donors (Lipinski definition) is 1. The summed E-state index contributed by atoms with van der Waals surface area (Å²) in [6.07, 6.45) is 3.49. The van der Waals surface area contributed by atoms with Crippen LogP contribution in [0.5, 0.6) is 0 Å². The van der Waals surface area contributed by atoms with E-state index in [0.29, 0.717) is 22.1 Å². The molecule has 0 unspecified atom stereocenters. The Hall–Kier alpha value is -3.05. The van der Waals surface area contributed by atoms with Gasteiger partial charge in [-0.25, -0.2) is 4.98 Å². The van der Waals surface area contributed by atoms with Crippen molar-refractivity contribution in [1.29, 1.82) is 0 Å². The topological polar surface area (TPSA) is 58.4 Å². The fourth-order valence-electron chi connectivity index (χ4n) is 2.83. The van der Waals surface area contributed by atoms with Crippen LogP contribution < -0.4 is 10.2 Å². The molecule has 0 bridgehead atoms. The number of pyridine rings is 1. The molecular formula is C20H16ClN3O2. The molecule has 0 atom stereocenters. The van der Waals surface area contributed by atoms with Gasteiger partial charge >= 0.3 is 0 Å². The zero-order valence-corrected chi connectivity index (χ0v) is 15.0. The molecule has 1 amide bonds. The van der Waals surface area contributed by atoms with Gasteiger partial charge in [0.25, 0.3) is 5.91 Å². The van der Waals surface area contributed by atoms with Gasteiger partial charge in [-0.1, -0.05) is 11.6 Å². The van der Waals surface area contributed by atoms with Crippen LogP contribution in [0.25, 0.3) is 23.0 Å². The second kappa shape index (κ2) is 6.35. The lowest BCUT2D eigenvalue weighted by Gasteiger charge is -2.10. The molecule has 3 aromatic rings. The molecule has 130 valence electrons. The molecule has 26 heavy (non-hydrogen) atoms. The number of nitrogens with zero attached hydrogens (tertiary/aromatic N) is 2. The van der Waals surface area contributed by atoms with Gasteiger partial charge in [0.05, 0.1) is 5.57 Å². The quantitative estimate of drug-likeness (QED) is 0.691. The molecule has 1 aromatic carbocycles. The summed E-state index contributed by atoms with van der Waals surface area (Å²) in [5.41, 5.74) is 2.93. The maximum atomic E-state index is 12.2. The summed E-state index contributed by atoms with van der Waals surface area (Å²) in [7, 11) is 3.88. The van der Waals surface area contributed by atoms with Crippen LogP contribution in [0.4, 0.5) is 11.5 Å². The Morgan fingerprint density at radius 2 is 2.00 bits per heavy atom. The molecule has 0 saturated heterocycles. The van der Waals surface area contributed by atoms with Crippen molar-refractivity contribution >= 4 is 40.7 Å². The number of hydrogen-bond acceptors (Lipinski definition) is 4. The highest BCUT2D eigenvalue weighted by Gasteiger charge is 2.24. The summed E-state index contributed by atoms with van der Waals surface area (Å²) in [5.74, 6) is 1.99. The SMILES string of the molecule is CN(C)c1ccc(-c2ccc(C=C3C(=O)Nc4ccc(Cl)cc43)o2)cn1. The minimum absolute atomic E-state index is 0.169. The molecule has 0 radical (unpaired) electrons. The van der Waals surface area contributed by atoms with Crippen molar-refractivity contribution in [3.8, 4) is 11.3 Å². The maximum Gasteiger partial charge on any atom is 0.256 e. The Morgan fingerprint density at radius 3 is 2.73 bits per heavy atom. The van der Waals surface area contributed by atoms with Crippen LogP contribution in [0.1, 0.15) is 11.3 Å². The molecule has 0 aliphatic carbocycles. The van der Waals surface area contributed by atoms with Crippen LogP contribution >= 0.6 is 11.6 Å². The van der Waals surface area contributed by atoms with E-state index in [9.17, 15) is 4.79 Å². The average molecular weight is 366 g/mol. The first kappa shape index (κ1) is 16.4. The van der Waals surface area contributed by atoms with Gasteiger partial charge in [0.2, 0.25) is 0 Å². The Balaban J connectivity index is 1.66. The molecule has 4 rings (SSSR count). The first-order valence-electron chi connectivity index (χ1n) is 8.08. The average Bonchev–Trinajstić information content (AvgIpc) is 3.21. The van der Waals surface area contributed by atoms with Crippen LogP contribution in [0.15, 0.2) is 53.1 Å². The molecule has 0 fully saturated rings. The van der Waals surface area contributed by atoms with Crippen molar-refractivity contribution in [2.24, 2.45) is 0 Å². The zero-order chi connectivity index (χ0) is 18.3. The van der Waals surface area contributed by atoms with Crippen LogP contribution in [-0.2, 0) is 4.79 Å². The van der Waals surface area contributed by atoms with Crippen LogP contribution in [0, 0.1) is 0 Å². The van der Waals surface area contributed by atoms with E-state index in [0.717, 1.165) is 22.6 Å². The second-order valence-electron chi connectivity index (χ2n) is 6.20. The maximum absolute atomic E-state index is 12.2. The lowest BCUT2D eigenvalue weighted by molar-refractivity contribution is -0.110. The van der Waals surface area contributed by atoms with Gasteiger partial charge in [-0.3, -0.25) is 4.79 Å². The van der Waals surface area contributed by atoms with Crippen LogP contribution in [-0.4, -0.2) is 25.0 Å². The molecule has 6 heteroatoms. The molecule has 3 heterocycles. The number of carbonyl (C=O) groups is 1. The molecule has 1 aliphatic heterocycles. The van der Waals surface area contributed by atoms with Gasteiger partial charge in [-0.05, 0) is 48.5 Å². The van der Waals surface area contributed by atoms with E-state index in [1.54, 1.807) is 30.5 Å². The van der Waals surface area contributed by atoms with E-state index in [4.69, 9.17) is 16.0 Å². The lowest BCUT2D eigenvalue weighted by atomic mass is 10.1. The number of halogens is 1. The number of furan rings is 1. The summed E-state index contributed by atoms with van der Waals surface area (Å²) in [4.78, 5) is 18.6. The van der Waals surface area contributed by atoms with E-state index in [1.807, 2.05) is 43.3 Å². The van der Waals surface area contributed by atoms with Gasteiger partial charge in [-0.2, -0.15) is 0 Å². The second-order valence-corrected chi connectivity index (χ2v) is 6.64. The summed E-state index contributed by atoms with van der Waals surface area (Å²) < 4.78 is 5.88. The van der Waals surface area contributed by atoms with Gasteiger partial charge in [0.15, 0.2) is 0 Å². The van der Waals surface area contributed by atoms with Crippen LogP contribution in [0.2, 0.25) is 5.02 Å². The monoisotopic (exact) mass is 365 g/mol. The number of fused-ring (bicyclic) bond motifs is 1.